The lowest BCUT2D eigenvalue weighted by Gasteiger charge is -2.37. The summed E-state index contributed by atoms with van der Waals surface area (Å²) in [5.74, 6) is 0.851. The Labute approximate surface area is 185 Å². The molecule has 1 saturated heterocycles. The van der Waals surface area contributed by atoms with Gasteiger partial charge in [-0.3, -0.25) is 9.89 Å². The molecule has 0 radical (unpaired) electrons. The van der Waals surface area contributed by atoms with Crippen LogP contribution >= 0.6 is 35.3 Å². The summed E-state index contributed by atoms with van der Waals surface area (Å²) in [5.41, 5.74) is 0.135. The van der Waals surface area contributed by atoms with Gasteiger partial charge in [0.05, 0.1) is 18.8 Å². The summed E-state index contributed by atoms with van der Waals surface area (Å²) in [5, 5.41) is 12.5. The highest BCUT2D eigenvalue weighted by molar-refractivity contribution is 14.0. The number of guanidine groups is 1. The SMILES string of the molecule is CN=C(NCCNC(C)(C)C)NCC(c1cccs1)N1CCOC(C)C1.I. The van der Waals surface area contributed by atoms with Gasteiger partial charge < -0.3 is 20.7 Å². The number of morpholine rings is 1. The molecule has 1 aromatic heterocycles. The van der Waals surface area contributed by atoms with E-state index < -0.39 is 0 Å². The van der Waals surface area contributed by atoms with E-state index in [0.29, 0.717) is 6.04 Å². The van der Waals surface area contributed by atoms with Crippen LogP contribution in [0.25, 0.3) is 0 Å². The maximum Gasteiger partial charge on any atom is 0.191 e. The first-order valence-electron chi connectivity index (χ1n) is 9.47. The van der Waals surface area contributed by atoms with Crippen LogP contribution in [0, 0.1) is 0 Å². The Hall–Kier alpha value is -0.420. The van der Waals surface area contributed by atoms with E-state index in [-0.39, 0.29) is 35.6 Å². The van der Waals surface area contributed by atoms with Crippen LogP contribution in [0.2, 0.25) is 0 Å². The predicted octanol–water partition coefficient (Wildman–Crippen LogP) is 2.68. The maximum atomic E-state index is 5.71. The van der Waals surface area contributed by atoms with Crippen LogP contribution in [0.3, 0.4) is 0 Å². The molecule has 2 atom stereocenters. The fourth-order valence-electron chi connectivity index (χ4n) is 3.05. The Morgan fingerprint density at radius 2 is 2.15 bits per heavy atom. The fourth-order valence-corrected chi connectivity index (χ4v) is 3.91. The minimum atomic E-state index is 0. The van der Waals surface area contributed by atoms with Crippen molar-refractivity contribution in [3.63, 3.8) is 0 Å². The Morgan fingerprint density at radius 1 is 1.37 bits per heavy atom. The molecule has 0 spiro atoms. The van der Waals surface area contributed by atoms with Crippen LogP contribution < -0.4 is 16.0 Å². The Balaban J connectivity index is 0.00000364. The van der Waals surface area contributed by atoms with E-state index in [0.717, 1.165) is 45.3 Å². The lowest BCUT2D eigenvalue weighted by atomic mass is 10.1. The molecule has 0 amide bonds. The van der Waals surface area contributed by atoms with Crippen LogP contribution in [0.15, 0.2) is 22.5 Å². The highest BCUT2D eigenvalue weighted by Gasteiger charge is 2.26. The molecule has 2 unspecified atom stereocenters. The third-order valence-electron chi connectivity index (χ3n) is 4.34. The van der Waals surface area contributed by atoms with Gasteiger partial charge in [0, 0.05) is 50.2 Å². The molecule has 1 fully saturated rings. The van der Waals surface area contributed by atoms with Gasteiger partial charge in [-0.2, -0.15) is 0 Å². The summed E-state index contributed by atoms with van der Waals surface area (Å²) in [6, 6.07) is 4.69. The van der Waals surface area contributed by atoms with E-state index >= 15 is 0 Å². The van der Waals surface area contributed by atoms with Crippen LogP contribution in [0.5, 0.6) is 0 Å². The Morgan fingerprint density at radius 3 is 2.74 bits per heavy atom. The summed E-state index contributed by atoms with van der Waals surface area (Å²) in [7, 11) is 1.82. The summed E-state index contributed by atoms with van der Waals surface area (Å²) in [4.78, 5) is 8.26. The minimum absolute atomic E-state index is 0. The van der Waals surface area contributed by atoms with E-state index in [1.807, 2.05) is 18.4 Å². The van der Waals surface area contributed by atoms with Crippen LogP contribution in [0.1, 0.15) is 38.6 Å². The Kier molecular flexibility index (Phi) is 11.1. The van der Waals surface area contributed by atoms with Crippen LogP contribution in [-0.2, 0) is 4.74 Å². The Bertz CT molecular complexity index is 547. The molecular formula is C19H36IN5OS. The first-order valence-corrected chi connectivity index (χ1v) is 10.4. The number of aliphatic imine (C=N–C) groups is 1. The zero-order valence-electron chi connectivity index (χ0n) is 17.2. The average molecular weight is 510 g/mol. The van der Waals surface area contributed by atoms with E-state index in [1.54, 1.807) is 0 Å². The number of halogens is 1. The number of hydrogen-bond acceptors (Lipinski definition) is 5. The highest BCUT2D eigenvalue weighted by atomic mass is 127. The normalized spacial score (nSPS) is 20.0. The zero-order valence-corrected chi connectivity index (χ0v) is 20.4. The van der Waals surface area contributed by atoms with Crippen LogP contribution in [0.4, 0.5) is 0 Å². The van der Waals surface area contributed by atoms with Crippen molar-refractivity contribution in [1.29, 1.82) is 0 Å². The summed E-state index contributed by atoms with van der Waals surface area (Å²) in [6.45, 7) is 14.0. The van der Waals surface area contributed by atoms with Gasteiger partial charge in [-0.15, -0.1) is 35.3 Å². The van der Waals surface area contributed by atoms with E-state index in [1.165, 1.54) is 4.88 Å². The minimum Gasteiger partial charge on any atom is -0.376 e. The second-order valence-electron chi connectivity index (χ2n) is 7.76. The predicted molar refractivity (Wildman–Crippen MR) is 127 cm³/mol. The first-order chi connectivity index (χ1) is 12.4. The smallest absolute Gasteiger partial charge is 0.191 e. The summed E-state index contributed by atoms with van der Waals surface area (Å²) >= 11 is 1.82. The summed E-state index contributed by atoms with van der Waals surface area (Å²) in [6.07, 6.45) is 0.284. The number of ether oxygens (including phenoxy) is 1. The molecule has 8 heteroatoms. The van der Waals surface area contributed by atoms with Gasteiger partial charge in [0.1, 0.15) is 0 Å². The van der Waals surface area contributed by atoms with Gasteiger partial charge in [-0.25, -0.2) is 0 Å². The molecule has 6 nitrogen and oxygen atoms in total. The molecule has 1 aliphatic rings. The van der Waals surface area contributed by atoms with Crippen LogP contribution in [-0.4, -0.2) is 68.9 Å². The third-order valence-corrected chi connectivity index (χ3v) is 5.32. The second-order valence-corrected chi connectivity index (χ2v) is 8.74. The number of rotatable bonds is 7. The maximum absolute atomic E-state index is 5.71. The van der Waals surface area contributed by atoms with E-state index in [4.69, 9.17) is 4.74 Å². The van der Waals surface area contributed by atoms with Crippen molar-refractivity contribution < 1.29 is 4.74 Å². The van der Waals surface area contributed by atoms with Crippen molar-refractivity contribution in [2.45, 2.75) is 45.4 Å². The summed E-state index contributed by atoms with van der Waals surface area (Å²) < 4.78 is 5.71. The topological polar surface area (TPSA) is 60.9 Å². The van der Waals surface area contributed by atoms with E-state index in [2.05, 4.69) is 71.1 Å². The average Bonchev–Trinajstić information content (AvgIpc) is 3.10. The number of hydrogen-bond donors (Lipinski definition) is 3. The van der Waals surface area contributed by atoms with Crippen molar-refractivity contribution in [3.05, 3.63) is 22.4 Å². The molecule has 156 valence electrons. The monoisotopic (exact) mass is 509 g/mol. The quantitative estimate of drug-likeness (QED) is 0.229. The molecule has 0 aromatic carbocycles. The van der Waals surface area contributed by atoms with Gasteiger partial charge in [0.2, 0.25) is 0 Å². The van der Waals surface area contributed by atoms with Gasteiger partial charge in [0.25, 0.3) is 0 Å². The molecule has 0 aliphatic carbocycles. The van der Waals surface area contributed by atoms with Gasteiger partial charge >= 0.3 is 0 Å². The molecule has 1 aliphatic heterocycles. The molecule has 0 saturated carbocycles. The number of nitrogens with one attached hydrogen (secondary N) is 3. The fraction of sp³-hybridized carbons (Fsp3) is 0.737. The largest absolute Gasteiger partial charge is 0.376 e. The van der Waals surface area contributed by atoms with Crippen molar-refractivity contribution in [3.8, 4) is 0 Å². The second kappa shape index (κ2) is 12.2. The lowest BCUT2D eigenvalue weighted by molar-refractivity contribution is -0.0334. The molecule has 1 aromatic rings. The first kappa shape index (κ1) is 24.6. The molecule has 0 bridgehead atoms. The van der Waals surface area contributed by atoms with Crippen molar-refractivity contribution in [1.82, 2.24) is 20.9 Å². The molecule has 3 N–H and O–H groups in total. The molecule has 2 heterocycles. The van der Waals surface area contributed by atoms with Gasteiger partial charge in [-0.05, 0) is 39.1 Å². The zero-order chi connectivity index (χ0) is 19.0. The van der Waals surface area contributed by atoms with Gasteiger partial charge in [0.15, 0.2) is 5.96 Å². The highest BCUT2D eigenvalue weighted by Crippen LogP contribution is 2.26. The molecule has 2 rings (SSSR count). The van der Waals surface area contributed by atoms with E-state index in [9.17, 15) is 0 Å². The molecule has 27 heavy (non-hydrogen) atoms. The lowest BCUT2D eigenvalue weighted by Crippen LogP contribution is -2.49. The van der Waals surface area contributed by atoms with Gasteiger partial charge in [-0.1, -0.05) is 6.07 Å². The number of nitrogens with zero attached hydrogens (tertiary/aromatic N) is 2. The molecular weight excluding hydrogens is 473 g/mol. The van der Waals surface area contributed by atoms with Crippen molar-refractivity contribution in [2.75, 3.05) is 46.4 Å². The third kappa shape index (κ3) is 9.08. The standard InChI is InChI=1S/C19H35N5OS.HI/c1-15-14-24(10-11-25-15)16(17-7-6-12-26-17)13-22-18(20-5)21-8-9-23-19(2,3)4;/h6-7,12,15-16,23H,8-11,13-14H2,1-5H3,(H2,20,21,22);1H. The van der Waals surface area contributed by atoms with Crippen molar-refractivity contribution >= 4 is 41.3 Å². The van der Waals surface area contributed by atoms with Crippen molar-refractivity contribution in [2.24, 2.45) is 4.99 Å². The number of thiophene rings is 1.